The Labute approximate surface area is 153 Å². The van der Waals surface area contributed by atoms with Crippen molar-refractivity contribution in [2.75, 3.05) is 20.3 Å². The van der Waals surface area contributed by atoms with Gasteiger partial charge < -0.3 is 14.8 Å². The average Bonchev–Trinajstić information content (AvgIpc) is 2.55. The fraction of sp³-hybridized carbons (Fsp3) is 0.333. The van der Waals surface area contributed by atoms with Crippen LogP contribution in [0.1, 0.15) is 18.1 Å². The second-order valence-corrected chi connectivity index (χ2v) is 5.52. The minimum atomic E-state index is -0.214. The molecule has 0 aliphatic carbocycles. The van der Waals surface area contributed by atoms with E-state index in [9.17, 15) is 4.39 Å². The molecule has 3 nitrogen and oxygen atoms in total. The van der Waals surface area contributed by atoms with Crippen LogP contribution in [0.2, 0.25) is 5.02 Å². The van der Waals surface area contributed by atoms with Crippen LogP contribution in [-0.4, -0.2) is 20.3 Å². The van der Waals surface area contributed by atoms with Crippen LogP contribution in [0.25, 0.3) is 0 Å². The van der Waals surface area contributed by atoms with Crippen LogP contribution in [0.3, 0.4) is 0 Å². The Morgan fingerprint density at radius 3 is 2.50 bits per heavy atom. The Balaban J connectivity index is 0.00000288. The molecule has 0 bridgehead atoms. The van der Waals surface area contributed by atoms with E-state index < -0.39 is 0 Å². The number of nitrogens with one attached hydrogen (secondary N) is 1. The zero-order valence-electron chi connectivity index (χ0n) is 13.8. The number of rotatable bonds is 8. The molecular formula is C18H22Cl2FNO2. The van der Waals surface area contributed by atoms with E-state index in [1.807, 2.05) is 13.0 Å². The summed E-state index contributed by atoms with van der Waals surface area (Å²) in [5.41, 5.74) is 2.04. The molecule has 6 heteroatoms. The average molecular weight is 374 g/mol. The van der Waals surface area contributed by atoms with Crippen LogP contribution in [0.4, 0.5) is 4.39 Å². The van der Waals surface area contributed by atoms with Gasteiger partial charge in [-0.25, -0.2) is 4.39 Å². The summed E-state index contributed by atoms with van der Waals surface area (Å²) >= 11 is 6.13. The molecule has 0 aliphatic heterocycles. The Morgan fingerprint density at radius 2 is 1.88 bits per heavy atom. The Hall–Kier alpha value is -1.49. The fourth-order valence-electron chi connectivity index (χ4n) is 2.32. The van der Waals surface area contributed by atoms with Gasteiger partial charge >= 0.3 is 0 Å². The van der Waals surface area contributed by atoms with E-state index in [1.165, 1.54) is 12.1 Å². The number of hydrogen-bond donors (Lipinski definition) is 1. The molecule has 0 aliphatic rings. The summed E-state index contributed by atoms with van der Waals surface area (Å²) < 4.78 is 23.9. The van der Waals surface area contributed by atoms with Crippen molar-refractivity contribution in [2.45, 2.75) is 19.9 Å². The van der Waals surface area contributed by atoms with Crippen LogP contribution >= 0.6 is 24.0 Å². The molecule has 0 saturated carbocycles. The van der Waals surface area contributed by atoms with E-state index >= 15 is 0 Å². The highest BCUT2D eigenvalue weighted by molar-refractivity contribution is 6.30. The van der Waals surface area contributed by atoms with E-state index in [4.69, 9.17) is 21.1 Å². The minimum absolute atomic E-state index is 0. The van der Waals surface area contributed by atoms with Gasteiger partial charge in [-0.2, -0.15) is 0 Å². The molecule has 1 N–H and O–H groups in total. The highest BCUT2D eigenvalue weighted by Crippen LogP contribution is 2.34. The molecule has 0 saturated heterocycles. The SMILES string of the molecule is CCOc1c(CNCCc2ccc(F)cc2)cc(Cl)cc1OC.Cl. The predicted molar refractivity (Wildman–Crippen MR) is 98.2 cm³/mol. The van der Waals surface area contributed by atoms with Gasteiger partial charge in [-0.15, -0.1) is 12.4 Å². The molecule has 132 valence electrons. The summed E-state index contributed by atoms with van der Waals surface area (Å²) in [4.78, 5) is 0. The molecule has 0 unspecified atom stereocenters. The van der Waals surface area contributed by atoms with Crippen LogP contribution in [-0.2, 0) is 13.0 Å². The highest BCUT2D eigenvalue weighted by Gasteiger charge is 2.12. The van der Waals surface area contributed by atoms with Crippen molar-refractivity contribution in [2.24, 2.45) is 0 Å². The molecule has 0 amide bonds. The Bertz CT molecular complexity index is 636. The van der Waals surface area contributed by atoms with E-state index in [0.29, 0.717) is 29.7 Å². The van der Waals surface area contributed by atoms with Crippen molar-refractivity contribution in [3.63, 3.8) is 0 Å². The summed E-state index contributed by atoms with van der Waals surface area (Å²) in [6.45, 7) is 3.87. The standard InChI is InChI=1S/C18H21ClFNO2.ClH/c1-3-23-18-14(10-15(19)11-17(18)22-2)12-21-9-8-13-4-6-16(20)7-5-13;/h4-7,10-11,21H,3,8-9,12H2,1-2H3;1H. The molecule has 24 heavy (non-hydrogen) atoms. The molecule has 2 rings (SSSR count). The predicted octanol–water partition coefficient (Wildman–Crippen LogP) is 4.64. The number of ether oxygens (including phenoxy) is 2. The van der Waals surface area contributed by atoms with Crippen LogP contribution < -0.4 is 14.8 Å². The van der Waals surface area contributed by atoms with Gasteiger partial charge in [-0.05, 0) is 43.7 Å². The molecule has 0 heterocycles. The van der Waals surface area contributed by atoms with Gasteiger partial charge in [0, 0.05) is 23.2 Å². The number of benzene rings is 2. The lowest BCUT2D eigenvalue weighted by Crippen LogP contribution is -2.17. The number of methoxy groups -OCH3 is 1. The first-order valence-corrected chi connectivity index (χ1v) is 7.96. The first-order valence-electron chi connectivity index (χ1n) is 7.58. The van der Waals surface area contributed by atoms with E-state index in [1.54, 1.807) is 25.3 Å². The van der Waals surface area contributed by atoms with Crippen molar-refractivity contribution in [1.82, 2.24) is 5.32 Å². The quantitative estimate of drug-likeness (QED) is 0.683. The number of halogens is 3. The fourth-order valence-corrected chi connectivity index (χ4v) is 2.55. The minimum Gasteiger partial charge on any atom is -0.493 e. The highest BCUT2D eigenvalue weighted by atomic mass is 35.5. The Morgan fingerprint density at radius 1 is 1.17 bits per heavy atom. The topological polar surface area (TPSA) is 30.5 Å². The largest absolute Gasteiger partial charge is 0.493 e. The molecular weight excluding hydrogens is 352 g/mol. The molecule has 0 spiro atoms. The normalized spacial score (nSPS) is 10.2. The van der Waals surface area contributed by atoms with Crippen molar-refractivity contribution >= 4 is 24.0 Å². The third-order valence-corrected chi connectivity index (χ3v) is 3.64. The number of hydrogen-bond acceptors (Lipinski definition) is 3. The van der Waals surface area contributed by atoms with Crippen LogP contribution in [0, 0.1) is 5.82 Å². The lowest BCUT2D eigenvalue weighted by Gasteiger charge is -2.15. The van der Waals surface area contributed by atoms with Crippen molar-refractivity contribution < 1.29 is 13.9 Å². The lowest BCUT2D eigenvalue weighted by atomic mass is 10.1. The first-order chi connectivity index (χ1) is 11.1. The van der Waals surface area contributed by atoms with Crippen molar-refractivity contribution in [3.8, 4) is 11.5 Å². The summed E-state index contributed by atoms with van der Waals surface area (Å²) in [6.07, 6.45) is 0.821. The summed E-state index contributed by atoms with van der Waals surface area (Å²) in [5, 5.41) is 3.97. The third kappa shape index (κ3) is 5.86. The summed E-state index contributed by atoms with van der Waals surface area (Å²) in [7, 11) is 1.60. The van der Waals surface area contributed by atoms with Gasteiger partial charge in [0.25, 0.3) is 0 Å². The van der Waals surface area contributed by atoms with Gasteiger partial charge in [0.2, 0.25) is 0 Å². The van der Waals surface area contributed by atoms with Crippen LogP contribution in [0.15, 0.2) is 36.4 Å². The molecule has 0 fully saturated rings. The summed E-state index contributed by atoms with van der Waals surface area (Å²) in [5.74, 6) is 1.14. The van der Waals surface area contributed by atoms with Gasteiger partial charge in [0.1, 0.15) is 5.82 Å². The van der Waals surface area contributed by atoms with Crippen LogP contribution in [0.5, 0.6) is 11.5 Å². The van der Waals surface area contributed by atoms with Crippen molar-refractivity contribution in [3.05, 3.63) is 58.4 Å². The monoisotopic (exact) mass is 373 g/mol. The van der Waals surface area contributed by atoms with E-state index in [-0.39, 0.29) is 18.2 Å². The smallest absolute Gasteiger partial charge is 0.165 e. The molecule has 0 aromatic heterocycles. The van der Waals surface area contributed by atoms with Gasteiger partial charge in [-0.3, -0.25) is 0 Å². The third-order valence-electron chi connectivity index (χ3n) is 3.42. The van der Waals surface area contributed by atoms with Crippen molar-refractivity contribution in [1.29, 1.82) is 0 Å². The van der Waals surface area contributed by atoms with E-state index in [0.717, 1.165) is 24.1 Å². The van der Waals surface area contributed by atoms with Gasteiger partial charge in [0.15, 0.2) is 11.5 Å². The maximum Gasteiger partial charge on any atom is 0.165 e. The van der Waals surface area contributed by atoms with Gasteiger partial charge in [0.05, 0.1) is 13.7 Å². The van der Waals surface area contributed by atoms with Gasteiger partial charge in [-0.1, -0.05) is 23.7 Å². The second-order valence-electron chi connectivity index (χ2n) is 5.08. The molecule has 0 radical (unpaired) electrons. The molecule has 2 aromatic rings. The maximum absolute atomic E-state index is 12.9. The first kappa shape index (κ1) is 20.6. The second kappa shape index (κ2) is 10.4. The lowest BCUT2D eigenvalue weighted by molar-refractivity contribution is 0.307. The zero-order valence-corrected chi connectivity index (χ0v) is 15.3. The zero-order chi connectivity index (χ0) is 16.7. The maximum atomic E-state index is 12.9. The molecule has 0 atom stereocenters. The van der Waals surface area contributed by atoms with E-state index in [2.05, 4.69) is 5.32 Å². The Kier molecular flexibility index (Phi) is 8.90. The molecule has 2 aromatic carbocycles. The summed E-state index contributed by atoms with van der Waals surface area (Å²) in [6, 6.07) is 10.2.